The van der Waals surface area contributed by atoms with Crippen molar-refractivity contribution in [1.82, 2.24) is 20.4 Å². The Morgan fingerprint density at radius 1 is 1.56 bits per heavy atom. The summed E-state index contributed by atoms with van der Waals surface area (Å²) in [5.74, 6) is 0.517. The lowest BCUT2D eigenvalue weighted by molar-refractivity contribution is 0.182. The number of urea groups is 1. The summed E-state index contributed by atoms with van der Waals surface area (Å²) >= 11 is 0. The van der Waals surface area contributed by atoms with E-state index in [9.17, 15) is 4.79 Å². The zero-order chi connectivity index (χ0) is 13.0. The lowest BCUT2D eigenvalue weighted by Crippen LogP contribution is -2.39. The normalized spacial score (nSPS) is 18.8. The van der Waals surface area contributed by atoms with Crippen LogP contribution < -0.4 is 10.1 Å². The summed E-state index contributed by atoms with van der Waals surface area (Å²) in [4.78, 5) is 13.4. The van der Waals surface area contributed by atoms with Crippen LogP contribution >= 0.6 is 0 Å². The van der Waals surface area contributed by atoms with Crippen molar-refractivity contribution in [1.29, 1.82) is 0 Å². The highest BCUT2D eigenvalue weighted by molar-refractivity contribution is 5.74. The minimum Gasteiger partial charge on any atom is -0.471 e. The third-order valence-electron chi connectivity index (χ3n) is 2.82. The van der Waals surface area contributed by atoms with Crippen LogP contribution in [0, 0.1) is 6.92 Å². The summed E-state index contributed by atoms with van der Waals surface area (Å²) < 4.78 is 5.69. The first-order valence-corrected chi connectivity index (χ1v) is 6.19. The van der Waals surface area contributed by atoms with Crippen molar-refractivity contribution in [3.05, 3.63) is 17.8 Å². The van der Waals surface area contributed by atoms with Gasteiger partial charge in [-0.2, -0.15) is 5.10 Å². The van der Waals surface area contributed by atoms with Crippen molar-refractivity contribution in [3.8, 4) is 5.88 Å². The number of carbonyl (C=O) groups excluding carboxylic acids is 1. The standard InChI is InChI=1S/C12H18N4O2/c1-3-13-12(17)16-7-6-10(8-16)18-11-5-4-9(2)14-15-11/h4-5,10H,3,6-8H2,1-2H3,(H,13,17). The van der Waals surface area contributed by atoms with Crippen LogP contribution in [0.1, 0.15) is 19.0 Å². The Morgan fingerprint density at radius 2 is 2.39 bits per heavy atom. The fourth-order valence-corrected chi connectivity index (χ4v) is 1.89. The molecule has 98 valence electrons. The smallest absolute Gasteiger partial charge is 0.317 e. The molecule has 1 aromatic heterocycles. The SMILES string of the molecule is CCNC(=O)N1CCC(Oc2ccc(C)nn2)C1. The van der Waals surface area contributed by atoms with Crippen LogP contribution in [0.5, 0.6) is 5.88 Å². The molecular formula is C12H18N4O2. The molecule has 2 amide bonds. The molecule has 1 unspecified atom stereocenters. The average Bonchev–Trinajstić information content (AvgIpc) is 2.81. The number of nitrogens with zero attached hydrogens (tertiary/aromatic N) is 3. The third kappa shape index (κ3) is 3.09. The molecule has 0 bridgehead atoms. The van der Waals surface area contributed by atoms with Crippen molar-refractivity contribution in [2.24, 2.45) is 0 Å². The molecule has 2 rings (SSSR count). The van der Waals surface area contributed by atoms with Crippen LogP contribution in [0.3, 0.4) is 0 Å². The molecule has 6 heteroatoms. The number of likely N-dealkylation sites (tertiary alicyclic amines) is 1. The first-order valence-electron chi connectivity index (χ1n) is 6.19. The maximum absolute atomic E-state index is 11.6. The van der Waals surface area contributed by atoms with Crippen LogP contribution in [0.4, 0.5) is 4.79 Å². The Bertz CT molecular complexity index is 407. The lowest BCUT2D eigenvalue weighted by atomic mass is 10.3. The molecule has 1 atom stereocenters. The van der Waals surface area contributed by atoms with E-state index in [2.05, 4.69) is 15.5 Å². The van der Waals surface area contributed by atoms with E-state index in [0.717, 1.165) is 18.7 Å². The average molecular weight is 250 g/mol. The van der Waals surface area contributed by atoms with Gasteiger partial charge >= 0.3 is 6.03 Å². The highest BCUT2D eigenvalue weighted by Gasteiger charge is 2.27. The first kappa shape index (κ1) is 12.6. The number of aromatic nitrogens is 2. The summed E-state index contributed by atoms with van der Waals surface area (Å²) in [5, 5.41) is 10.7. The summed E-state index contributed by atoms with van der Waals surface area (Å²) in [6, 6.07) is 3.63. The van der Waals surface area contributed by atoms with Gasteiger partial charge in [0, 0.05) is 25.6 Å². The molecule has 1 fully saturated rings. The molecule has 0 spiro atoms. The van der Waals surface area contributed by atoms with E-state index in [4.69, 9.17) is 4.74 Å². The number of aryl methyl sites for hydroxylation is 1. The van der Waals surface area contributed by atoms with Crippen LogP contribution in [-0.2, 0) is 0 Å². The summed E-state index contributed by atoms with van der Waals surface area (Å²) in [6.07, 6.45) is 0.830. The molecule has 2 heterocycles. The van der Waals surface area contributed by atoms with Gasteiger partial charge in [-0.1, -0.05) is 0 Å². The van der Waals surface area contributed by atoms with Crippen molar-refractivity contribution in [2.45, 2.75) is 26.4 Å². The largest absolute Gasteiger partial charge is 0.471 e. The van der Waals surface area contributed by atoms with E-state index < -0.39 is 0 Å². The van der Waals surface area contributed by atoms with E-state index in [1.807, 2.05) is 19.9 Å². The molecule has 1 aliphatic heterocycles. The van der Waals surface area contributed by atoms with Gasteiger partial charge in [-0.3, -0.25) is 0 Å². The molecule has 6 nitrogen and oxygen atoms in total. The maximum atomic E-state index is 11.6. The second-order valence-corrected chi connectivity index (χ2v) is 4.32. The van der Waals surface area contributed by atoms with E-state index in [-0.39, 0.29) is 12.1 Å². The number of amides is 2. The van der Waals surface area contributed by atoms with Crippen LogP contribution in [-0.4, -0.2) is 46.9 Å². The fourth-order valence-electron chi connectivity index (χ4n) is 1.89. The van der Waals surface area contributed by atoms with E-state index in [1.165, 1.54) is 0 Å². The Labute approximate surface area is 106 Å². The van der Waals surface area contributed by atoms with Gasteiger partial charge in [0.25, 0.3) is 0 Å². The van der Waals surface area contributed by atoms with E-state index >= 15 is 0 Å². The quantitative estimate of drug-likeness (QED) is 0.868. The van der Waals surface area contributed by atoms with Crippen LogP contribution in [0.15, 0.2) is 12.1 Å². The maximum Gasteiger partial charge on any atom is 0.317 e. The van der Waals surface area contributed by atoms with Crippen molar-refractivity contribution in [2.75, 3.05) is 19.6 Å². The summed E-state index contributed by atoms with van der Waals surface area (Å²) in [7, 11) is 0. The monoisotopic (exact) mass is 250 g/mol. The Balaban J connectivity index is 1.86. The summed E-state index contributed by atoms with van der Waals surface area (Å²) in [5.41, 5.74) is 0.859. The van der Waals surface area contributed by atoms with E-state index in [1.54, 1.807) is 11.0 Å². The number of carbonyl (C=O) groups is 1. The van der Waals surface area contributed by atoms with Gasteiger partial charge in [0.05, 0.1) is 12.2 Å². The zero-order valence-corrected chi connectivity index (χ0v) is 10.7. The third-order valence-corrected chi connectivity index (χ3v) is 2.82. The van der Waals surface area contributed by atoms with Gasteiger partial charge in [-0.05, 0) is 19.9 Å². The lowest BCUT2D eigenvalue weighted by Gasteiger charge is -2.16. The zero-order valence-electron chi connectivity index (χ0n) is 10.7. The van der Waals surface area contributed by atoms with Gasteiger partial charge in [0.15, 0.2) is 0 Å². The minimum absolute atomic E-state index is 0.00427. The first-order chi connectivity index (χ1) is 8.69. The van der Waals surface area contributed by atoms with Gasteiger partial charge in [-0.15, -0.1) is 5.10 Å². The molecule has 0 radical (unpaired) electrons. The highest BCUT2D eigenvalue weighted by Crippen LogP contribution is 2.15. The highest BCUT2D eigenvalue weighted by atomic mass is 16.5. The molecule has 1 saturated heterocycles. The van der Waals surface area contributed by atoms with Crippen molar-refractivity contribution < 1.29 is 9.53 Å². The Morgan fingerprint density at radius 3 is 3.06 bits per heavy atom. The molecule has 18 heavy (non-hydrogen) atoms. The molecule has 1 aromatic rings. The molecule has 0 aliphatic carbocycles. The van der Waals surface area contributed by atoms with Gasteiger partial charge in [0.2, 0.25) is 5.88 Å². The number of ether oxygens (including phenoxy) is 1. The Hall–Kier alpha value is -1.85. The molecule has 0 aromatic carbocycles. The van der Waals surface area contributed by atoms with Gasteiger partial charge < -0.3 is 15.0 Å². The number of rotatable bonds is 3. The second-order valence-electron chi connectivity index (χ2n) is 4.32. The summed E-state index contributed by atoms with van der Waals surface area (Å²) in [6.45, 7) is 5.74. The number of hydrogen-bond acceptors (Lipinski definition) is 4. The second kappa shape index (κ2) is 5.66. The molecule has 1 aliphatic rings. The predicted octanol–water partition coefficient (Wildman–Crippen LogP) is 0.968. The molecule has 0 saturated carbocycles. The molecule has 1 N–H and O–H groups in total. The van der Waals surface area contributed by atoms with E-state index in [0.29, 0.717) is 19.0 Å². The van der Waals surface area contributed by atoms with Crippen molar-refractivity contribution >= 4 is 6.03 Å². The minimum atomic E-state index is -0.0291. The molecular weight excluding hydrogens is 232 g/mol. The van der Waals surface area contributed by atoms with Gasteiger partial charge in [-0.25, -0.2) is 4.79 Å². The van der Waals surface area contributed by atoms with Crippen LogP contribution in [0.2, 0.25) is 0 Å². The van der Waals surface area contributed by atoms with Gasteiger partial charge in [0.1, 0.15) is 6.10 Å². The van der Waals surface area contributed by atoms with Crippen LogP contribution in [0.25, 0.3) is 0 Å². The topological polar surface area (TPSA) is 67.4 Å². The Kier molecular flexibility index (Phi) is 3.96. The number of nitrogens with one attached hydrogen (secondary N) is 1. The predicted molar refractivity (Wildman–Crippen MR) is 66.4 cm³/mol. The van der Waals surface area contributed by atoms with Crippen molar-refractivity contribution in [3.63, 3.8) is 0 Å². The fraction of sp³-hybridized carbons (Fsp3) is 0.583. The number of hydrogen-bond donors (Lipinski definition) is 1.